The van der Waals surface area contributed by atoms with Gasteiger partial charge in [0, 0.05) is 25.9 Å². The first kappa shape index (κ1) is 22.1. The highest BCUT2D eigenvalue weighted by Crippen LogP contribution is 2.39. The maximum Gasteiger partial charge on any atom is 0.158 e. The van der Waals surface area contributed by atoms with Gasteiger partial charge in [0.05, 0.1) is 5.02 Å². The zero-order valence-corrected chi connectivity index (χ0v) is 19.3. The summed E-state index contributed by atoms with van der Waals surface area (Å²) in [6.07, 6.45) is 0. The van der Waals surface area contributed by atoms with Crippen molar-refractivity contribution in [1.82, 2.24) is 0 Å². The van der Waals surface area contributed by atoms with Crippen LogP contribution in [-0.4, -0.2) is 0 Å². The fraction of sp³-hybridized carbons (Fsp3) is 0. The maximum atomic E-state index is 6.47. The molecule has 29 heavy (non-hydrogen) atoms. The molecule has 0 radical (unpaired) electrons. The summed E-state index contributed by atoms with van der Waals surface area (Å²) in [6, 6.07) is 30.5. The molecule has 0 atom stereocenters. The van der Waals surface area contributed by atoms with Gasteiger partial charge < -0.3 is 12.4 Å². The first-order chi connectivity index (χ1) is 13.6. The van der Waals surface area contributed by atoms with Gasteiger partial charge in [0.25, 0.3) is 0 Å². The summed E-state index contributed by atoms with van der Waals surface area (Å²) in [4.78, 5) is 3.22. The van der Waals surface area contributed by atoms with Gasteiger partial charge >= 0.3 is 0 Å². The van der Waals surface area contributed by atoms with Crippen LogP contribution in [0.1, 0.15) is 0 Å². The normalized spacial score (nSPS) is 10.4. The zero-order valence-electron chi connectivity index (χ0n) is 15.2. The molecule has 0 aliphatic carbocycles. The third-order valence-corrected chi connectivity index (χ3v) is 6.71. The molecule has 0 aromatic heterocycles. The van der Waals surface area contributed by atoms with E-state index in [1.165, 1.54) is 0 Å². The Hall–Kier alpha value is -1.55. The molecule has 0 heterocycles. The highest BCUT2D eigenvalue weighted by atomic mass is 35.5. The lowest BCUT2D eigenvalue weighted by atomic mass is 9.94. The van der Waals surface area contributed by atoms with Crippen LogP contribution < -0.4 is 12.4 Å². The highest BCUT2D eigenvalue weighted by molar-refractivity contribution is 7.99. The van der Waals surface area contributed by atoms with Crippen molar-refractivity contribution < 1.29 is 12.4 Å². The van der Waals surface area contributed by atoms with Crippen LogP contribution in [0, 0.1) is 0 Å². The Balaban J connectivity index is 0.00000240. The number of hydrogen-bond donors (Lipinski definition) is 0. The minimum atomic E-state index is 0. The quantitative estimate of drug-likeness (QED) is 0.380. The van der Waals surface area contributed by atoms with E-state index in [0.29, 0.717) is 0 Å². The van der Waals surface area contributed by atoms with Crippen LogP contribution in [0.15, 0.2) is 106 Å². The van der Waals surface area contributed by atoms with Crippen LogP contribution in [0.5, 0.6) is 0 Å². The lowest BCUT2D eigenvalue weighted by Crippen LogP contribution is -3.00. The van der Waals surface area contributed by atoms with Crippen molar-refractivity contribution in [2.45, 2.75) is 14.7 Å². The third-order valence-electron chi connectivity index (χ3n) is 4.44. The average molecular weight is 476 g/mol. The van der Waals surface area contributed by atoms with Gasteiger partial charge in [0.2, 0.25) is 0 Å². The molecule has 4 aromatic carbocycles. The van der Waals surface area contributed by atoms with E-state index in [1.54, 1.807) is 11.8 Å². The Bertz CT molecular complexity index is 1130. The van der Waals surface area contributed by atoms with Gasteiger partial charge in [-0.1, -0.05) is 89.6 Å². The molecular formula is C24H17Cl3S2. The van der Waals surface area contributed by atoms with E-state index < -0.39 is 0 Å². The van der Waals surface area contributed by atoms with E-state index in [1.807, 2.05) is 48.5 Å². The van der Waals surface area contributed by atoms with Gasteiger partial charge in [-0.2, -0.15) is 0 Å². The van der Waals surface area contributed by atoms with Gasteiger partial charge in [-0.3, -0.25) is 0 Å². The van der Waals surface area contributed by atoms with Crippen LogP contribution in [0.2, 0.25) is 10.0 Å². The van der Waals surface area contributed by atoms with Crippen molar-refractivity contribution in [1.29, 1.82) is 0 Å². The molecule has 0 unspecified atom stereocenters. The Labute approximate surface area is 197 Å². The molecule has 146 valence electrons. The third kappa shape index (κ3) is 4.96. The fourth-order valence-electron chi connectivity index (χ4n) is 3.11. The molecule has 0 amide bonds. The van der Waals surface area contributed by atoms with Crippen molar-refractivity contribution >= 4 is 47.6 Å². The summed E-state index contributed by atoms with van der Waals surface area (Å²) < 4.78 is 0. The second kappa shape index (κ2) is 9.97. The minimum absolute atomic E-state index is 0. The monoisotopic (exact) mass is 474 g/mol. The van der Waals surface area contributed by atoms with E-state index >= 15 is 0 Å². The molecule has 0 spiro atoms. The zero-order chi connectivity index (χ0) is 19.5. The van der Waals surface area contributed by atoms with Crippen molar-refractivity contribution in [3.05, 3.63) is 101 Å². The fourth-order valence-corrected chi connectivity index (χ4v) is 4.81. The molecular weight excluding hydrogens is 459 g/mol. The molecule has 0 aliphatic rings. The van der Waals surface area contributed by atoms with Gasteiger partial charge in [0.15, 0.2) is 4.90 Å². The Morgan fingerprint density at radius 2 is 1.24 bits per heavy atom. The molecule has 0 aliphatic heterocycles. The second-order valence-corrected chi connectivity index (χ2v) is 8.73. The topological polar surface area (TPSA) is 0 Å². The van der Waals surface area contributed by atoms with Crippen molar-refractivity contribution in [3.8, 4) is 22.3 Å². The summed E-state index contributed by atoms with van der Waals surface area (Å²) in [6.45, 7) is 0. The number of hydrogen-bond acceptors (Lipinski definition) is 1. The van der Waals surface area contributed by atoms with Crippen LogP contribution in [0.4, 0.5) is 0 Å². The number of halogens is 3. The Morgan fingerprint density at radius 3 is 1.93 bits per heavy atom. The standard InChI is InChI=1S/C24H16Cl2S2.ClH/c25-20-8-2-1-6-18(20)19-7-5-10-22(27)24(19)16-12-14-17(15-13-16)28-23-11-4-3-9-21(23)26;/h1-15,27H;1H. The van der Waals surface area contributed by atoms with Crippen LogP contribution in [-0.2, 0) is 12.6 Å². The molecule has 4 rings (SSSR count). The predicted molar refractivity (Wildman–Crippen MR) is 126 cm³/mol. The lowest BCUT2D eigenvalue weighted by molar-refractivity contribution is -0.00000506. The summed E-state index contributed by atoms with van der Waals surface area (Å²) in [5.41, 5.74) is 4.38. The van der Waals surface area contributed by atoms with Gasteiger partial charge in [-0.05, 0) is 60.2 Å². The van der Waals surface area contributed by atoms with E-state index in [-0.39, 0.29) is 12.4 Å². The van der Waals surface area contributed by atoms with Crippen LogP contribution in [0.25, 0.3) is 22.3 Å². The molecule has 4 aromatic rings. The van der Waals surface area contributed by atoms with E-state index in [0.717, 1.165) is 47.0 Å². The Morgan fingerprint density at radius 1 is 0.621 bits per heavy atom. The summed E-state index contributed by atoms with van der Waals surface area (Å²) in [7, 11) is 0. The van der Waals surface area contributed by atoms with Crippen molar-refractivity contribution in [3.63, 3.8) is 0 Å². The van der Waals surface area contributed by atoms with E-state index in [9.17, 15) is 0 Å². The number of benzene rings is 4. The molecule has 0 bridgehead atoms. The second-order valence-electron chi connectivity index (χ2n) is 6.26. The first-order valence-corrected chi connectivity index (χ1v) is 10.8. The largest absolute Gasteiger partial charge is 1.00 e. The van der Waals surface area contributed by atoms with Crippen LogP contribution >= 0.6 is 35.0 Å². The minimum Gasteiger partial charge on any atom is -1.00 e. The van der Waals surface area contributed by atoms with Crippen molar-refractivity contribution in [2.75, 3.05) is 0 Å². The maximum absolute atomic E-state index is 6.47. The Kier molecular flexibility index (Phi) is 7.61. The van der Waals surface area contributed by atoms with E-state index in [2.05, 4.69) is 55.1 Å². The van der Waals surface area contributed by atoms with Gasteiger partial charge in [-0.25, -0.2) is 0 Å². The lowest BCUT2D eigenvalue weighted by Gasteiger charge is -2.12. The summed E-state index contributed by atoms with van der Waals surface area (Å²) in [5.74, 6) is 0. The molecule has 0 nitrogen and oxygen atoms in total. The summed E-state index contributed by atoms with van der Waals surface area (Å²) in [5, 5.41) is 1.51. The predicted octanol–water partition coefficient (Wildman–Crippen LogP) is 4.85. The molecule has 0 saturated heterocycles. The van der Waals surface area contributed by atoms with Crippen LogP contribution in [0.3, 0.4) is 0 Å². The molecule has 0 fully saturated rings. The molecule has 0 saturated carbocycles. The van der Waals surface area contributed by atoms with Crippen molar-refractivity contribution in [2.24, 2.45) is 0 Å². The van der Waals surface area contributed by atoms with Gasteiger partial charge in [-0.15, -0.1) is 0 Å². The SMILES string of the molecule is [Cl-].[SH2+]c1cccc(-c2ccccc2Cl)c1-c1ccc(Sc2ccccc2Cl)cc1. The molecule has 0 N–H and O–H groups in total. The smallest absolute Gasteiger partial charge is 0.158 e. The van der Waals surface area contributed by atoms with Gasteiger partial charge in [0.1, 0.15) is 0 Å². The highest BCUT2D eigenvalue weighted by Gasteiger charge is 2.15. The summed E-state index contributed by atoms with van der Waals surface area (Å²) >= 11 is 18.2. The first-order valence-electron chi connectivity index (χ1n) is 8.76. The van der Waals surface area contributed by atoms with E-state index in [4.69, 9.17) is 23.2 Å². The average Bonchev–Trinajstić information content (AvgIpc) is 2.71. The molecule has 5 heteroatoms. The number of rotatable bonds is 4.